The molecule has 0 saturated heterocycles. The second-order valence-corrected chi connectivity index (χ2v) is 7.33. The van der Waals surface area contributed by atoms with Gasteiger partial charge < -0.3 is 4.90 Å². The standard InChI is InChI=1S/C21H25N3OS/c1-4-23(5-2)14-15-26-21-22-19-9-7-6-8-18(19)20(25)24(21)17-12-10-16(3)11-13-17/h6-13H,4-5,14-15H2,1-3H3. The molecule has 136 valence electrons. The van der Waals surface area contributed by atoms with Gasteiger partial charge in [0, 0.05) is 12.3 Å². The Labute approximate surface area is 158 Å². The number of nitrogens with zero attached hydrogens (tertiary/aromatic N) is 3. The molecule has 1 aromatic heterocycles. The molecule has 3 aromatic rings. The molecule has 0 N–H and O–H groups in total. The molecular formula is C21H25N3OS. The van der Waals surface area contributed by atoms with Crippen LogP contribution in [0.2, 0.25) is 0 Å². The monoisotopic (exact) mass is 367 g/mol. The fraction of sp³-hybridized carbons (Fsp3) is 0.333. The summed E-state index contributed by atoms with van der Waals surface area (Å²) >= 11 is 1.64. The van der Waals surface area contributed by atoms with Crippen LogP contribution in [0.5, 0.6) is 0 Å². The average molecular weight is 368 g/mol. The van der Waals surface area contributed by atoms with E-state index in [0.29, 0.717) is 5.39 Å². The maximum Gasteiger partial charge on any atom is 0.266 e. The molecular weight excluding hydrogens is 342 g/mol. The minimum absolute atomic E-state index is 0.00945. The highest BCUT2D eigenvalue weighted by atomic mass is 32.2. The highest BCUT2D eigenvalue weighted by Gasteiger charge is 2.13. The molecule has 3 rings (SSSR count). The van der Waals surface area contributed by atoms with Gasteiger partial charge in [0.1, 0.15) is 0 Å². The van der Waals surface area contributed by atoms with Crippen molar-refractivity contribution in [1.82, 2.24) is 14.5 Å². The molecule has 0 saturated carbocycles. The first-order chi connectivity index (χ1) is 12.6. The van der Waals surface area contributed by atoms with Crippen LogP contribution in [0.1, 0.15) is 19.4 Å². The molecule has 0 aliphatic heterocycles. The summed E-state index contributed by atoms with van der Waals surface area (Å²) in [5.41, 5.74) is 2.78. The third-order valence-corrected chi connectivity index (χ3v) is 5.49. The van der Waals surface area contributed by atoms with Gasteiger partial charge in [0.15, 0.2) is 5.16 Å². The molecule has 0 aliphatic rings. The minimum Gasteiger partial charge on any atom is -0.303 e. The zero-order valence-corrected chi connectivity index (χ0v) is 16.4. The second kappa shape index (κ2) is 8.52. The number of hydrogen-bond acceptors (Lipinski definition) is 4. The molecule has 26 heavy (non-hydrogen) atoms. The Balaban J connectivity index is 2.03. The fourth-order valence-corrected chi connectivity index (χ4v) is 3.95. The van der Waals surface area contributed by atoms with Crippen molar-refractivity contribution in [3.05, 3.63) is 64.4 Å². The van der Waals surface area contributed by atoms with Crippen molar-refractivity contribution in [2.24, 2.45) is 0 Å². The van der Waals surface area contributed by atoms with Crippen LogP contribution < -0.4 is 5.56 Å². The number of rotatable bonds is 7. The van der Waals surface area contributed by atoms with Crippen LogP contribution in [0.4, 0.5) is 0 Å². The van der Waals surface area contributed by atoms with E-state index >= 15 is 0 Å². The number of fused-ring (bicyclic) bond motifs is 1. The first kappa shape index (κ1) is 18.7. The largest absolute Gasteiger partial charge is 0.303 e. The van der Waals surface area contributed by atoms with Crippen LogP contribution in [0.15, 0.2) is 58.5 Å². The summed E-state index contributed by atoms with van der Waals surface area (Å²) in [5.74, 6) is 0.901. The van der Waals surface area contributed by atoms with Gasteiger partial charge in [0.25, 0.3) is 5.56 Å². The third kappa shape index (κ3) is 4.00. The number of hydrogen-bond donors (Lipinski definition) is 0. The lowest BCUT2D eigenvalue weighted by Gasteiger charge is -2.18. The van der Waals surface area contributed by atoms with E-state index in [0.717, 1.165) is 41.7 Å². The van der Waals surface area contributed by atoms with Gasteiger partial charge in [-0.05, 0) is 44.3 Å². The van der Waals surface area contributed by atoms with E-state index in [2.05, 4.69) is 18.7 Å². The maximum absolute atomic E-state index is 13.1. The first-order valence-corrected chi connectivity index (χ1v) is 10.1. The van der Waals surface area contributed by atoms with Crippen LogP contribution >= 0.6 is 11.8 Å². The average Bonchev–Trinajstić information content (AvgIpc) is 2.66. The van der Waals surface area contributed by atoms with Gasteiger partial charge in [-0.25, -0.2) is 4.98 Å². The van der Waals surface area contributed by atoms with Crippen LogP contribution in [-0.4, -0.2) is 39.8 Å². The highest BCUT2D eigenvalue weighted by Crippen LogP contribution is 2.21. The summed E-state index contributed by atoms with van der Waals surface area (Å²) in [4.78, 5) is 20.3. The Morgan fingerprint density at radius 1 is 1.04 bits per heavy atom. The van der Waals surface area contributed by atoms with Crippen molar-refractivity contribution in [2.75, 3.05) is 25.4 Å². The Morgan fingerprint density at radius 2 is 1.73 bits per heavy atom. The molecule has 1 heterocycles. The maximum atomic E-state index is 13.1. The van der Waals surface area contributed by atoms with Crippen LogP contribution in [0, 0.1) is 6.92 Å². The molecule has 0 spiro atoms. The normalized spacial score (nSPS) is 11.4. The predicted octanol–water partition coefficient (Wildman–Crippen LogP) is 4.13. The second-order valence-electron chi connectivity index (χ2n) is 6.26. The molecule has 2 aromatic carbocycles. The molecule has 0 fully saturated rings. The van der Waals surface area contributed by atoms with Crippen molar-refractivity contribution in [1.29, 1.82) is 0 Å². The molecule has 4 nitrogen and oxygen atoms in total. The Kier molecular flexibility index (Phi) is 6.12. The summed E-state index contributed by atoms with van der Waals surface area (Å²) in [6.45, 7) is 9.44. The molecule has 5 heteroatoms. The zero-order chi connectivity index (χ0) is 18.5. The fourth-order valence-electron chi connectivity index (χ4n) is 2.94. The summed E-state index contributed by atoms with van der Waals surface area (Å²) < 4.78 is 1.74. The lowest BCUT2D eigenvalue weighted by atomic mass is 10.2. The smallest absolute Gasteiger partial charge is 0.266 e. The van der Waals surface area contributed by atoms with E-state index in [1.54, 1.807) is 16.3 Å². The highest BCUT2D eigenvalue weighted by molar-refractivity contribution is 7.99. The molecule has 0 atom stereocenters. The van der Waals surface area contributed by atoms with E-state index in [1.807, 2.05) is 55.5 Å². The van der Waals surface area contributed by atoms with Crippen molar-refractivity contribution in [2.45, 2.75) is 25.9 Å². The van der Waals surface area contributed by atoms with E-state index < -0.39 is 0 Å². The quantitative estimate of drug-likeness (QED) is 0.465. The van der Waals surface area contributed by atoms with Gasteiger partial charge in [-0.2, -0.15) is 0 Å². The van der Waals surface area contributed by atoms with E-state index in [1.165, 1.54) is 5.56 Å². The van der Waals surface area contributed by atoms with Gasteiger partial charge in [-0.3, -0.25) is 9.36 Å². The Hall–Kier alpha value is -2.11. The van der Waals surface area contributed by atoms with Gasteiger partial charge in [0.05, 0.1) is 16.6 Å². The molecule has 0 unspecified atom stereocenters. The van der Waals surface area contributed by atoms with Crippen molar-refractivity contribution in [3.63, 3.8) is 0 Å². The predicted molar refractivity (Wildman–Crippen MR) is 111 cm³/mol. The lowest BCUT2D eigenvalue weighted by molar-refractivity contribution is 0.324. The first-order valence-electron chi connectivity index (χ1n) is 9.08. The van der Waals surface area contributed by atoms with Crippen LogP contribution in [-0.2, 0) is 0 Å². The number of aromatic nitrogens is 2. The molecule has 0 amide bonds. The van der Waals surface area contributed by atoms with E-state index in [9.17, 15) is 4.79 Å². The lowest BCUT2D eigenvalue weighted by Crippen LogP contribution is -2.26. The number of benzene rings is 2. The topological polar surface area (TPSA) is 38.1 Å². The summed E-state index contributed by atoms with van der Waals surface area (Å²) in [6.07, 6.45) is 0. The third-order valence-electron chi connectivity index (χ3n) is 4.57. The molecule has 0 radical (unpaired) electrons. The Morgan fingerprint density at radius 3 is 2.42 bits per heavy atom. The van der Waals surface area contributed by atoms with Crippen molar-refractivity contribution >= 4 is 22.7 Å². The molecule has 0 bridgehead atoms. The van der Waals surface area contributed by atoms with Crippen molar-refractivity contribution < 1.29 is 0 Å². The van der Waals surface area contributed by atoms with Crippen molar-refractivity contribution in [3.8, 4) is 5.69 Å². The Bertz CT molecular complexity index is 930. The minimum atomic E-state index is -0.00945. The number of para-hydroxylation sites is 1. The number of aryl methyl sites for hydroxylation is 1. The summed E-state index contributed by atoms with van der Waals surface area (Å²) in [5, 5.41) is 1.41. The van der Waals surface area contributed by atoms with E-state index in [-0.39, 0.29) is 5.56 Å². The van der Waals surface area contributed by atoms with Gasteiger partial charge in [0.2, 0.25) is 0 Å². The SMILES string of the molecule is CCN(CC)CCSc1nc2ccccc2c(=O)n1-c1ccc(C)cc1. The zero-order valence-electron chi connectivity index (χ0n) is 15.6. The van der Waals surface area contributed by atoms with Crippen LogP contribution in [0.3, 0.4) is 0 Å². The van der Waals surface area contributed by atoms with Gasteiger partial charge in [-0.1, -0.05) is 55.4 Å². The number of thioether (sulfide) groups is 1. The van der Waals surface area contributed by atoms with Gasteiger partial charge in [-0.15, -0.1) is 0 Å². The van der Waals surface area contributed by atoms with E-state index in [4.69, 9.17) is 4.98 Å². The van der Waals surface area contributed by atoms with Crippen LogP contribution in [0.25, 0.3) is 16.6 Å². The molecule has 0 aliphatic carbocycles. The summed E-state index contributed by atoms with van der Waals surface area (Å²) in [7, 11) is 0. The van der Waals surface area contributed by atoms with Gasteiger partial charge >= 0.3 is 0 Å². The summed E-state index contributed by atoms with van der Waals surface area (Å²) in [6, 6.07) is 15.6.